The summed E-state index contributed by atoms with van der Waals surface area (Å²) in [6.07, 6.45) is 0. The van der Waals surface area contributed by atoms with Crippen LogP contribution in [0.4, 0.5) is 15.3 Å². The van der Waals surface area contributed by atoms with Crippen LogP contribution < -0.4 is 5.32 Å². The van der Waals surface area contributed by atoms with E-state index in [1.54, 1.807) is 24.3 Å². The second-order valence-corrected chi connectivity index (χ2v) is 7.04. The zero-order valence-electron chi connectivity index (χ0n) is 16.5. The van der Waals surface area contributed by atoms with Crippen molar-refractivity contribution >= 4 is 29.6 Å². The Hall–Kier alpha value is -3.72. The van der Waals surface area contributed by atoms with Crippen LogP contribution in [-0.2, 0) is 26.6 Å². The fourth-order valence-corrected chi connectivity index (χ4v) is 3.89. The van der Waals surface area contributed by atoms with Crippen LogP contribution >= 0.6 is 0 Å². The van der Waals surface area contributed by atoms with Crippen molar-refractivity contribution in [1.29, 1.82) is 0 Å². The van der Waals surface area contributed by atoms with Gasteiger partial charge in [0.25, 0.3) is 5.91 Å². The molecule has 0 aromatic heterocycles. The van der Waals surface area contributed by atoms with E-state index >= 15 is 0 Å². The van der Waals surface area contributed by atoms with Gasteiger partial charge in [-0.15, -0.1) is 0 Å². The highest BCUT2D eigenvalue weighted by molar-refractivity contribution is 6.16. The van der Waals surface area contributed by atoms with Gasteiger partial charge in [0.05, 0.1) is 12.3 Å². The average Bonchev–Trinajstić information content (AvgIpc) is 2.95. The van der Waals surface area contributed by atoms with Gasteiger partial charge in [-0.25, -0.2) is 19.4 Å². The molecule has 0 aliphatic carbocycles. The minimum atomic E-state index is -1.90. The number of carbonyl (C=O) groups is 4. The van der Waals surface area contributed by atoms with Crippen molar-refractivity contribution in [2.24, 2.45) is 0 Å². The number of fused-ring (bicyclic) bond motifs is 2. The van der Waals surface area contributed by atoms with E-state index in [0.29, 0.717) is 11.3 Å². The topological polar surface area (TPSA) is 99.3 Å². The number of imide groups is 2. The molecule has 9 heteroatoms. The lowest BCUT2D eigenvalue weighted by Gasteiger charge is -2.44. The SMILES string of the molecule is CC(=O)N1C(=O)N(COCc2ccccc2)C(=O)C12c1ccccc1NC(=O)N2C. The summed E-state index contributed by atoms with van der Waals surface area (Å²) in [4.78, 5) is 54.6. The Kier molecular flexibility index (Phi) is 4.75. The number of hydrogen-bond acceptors (Lipinski definition) is 5. The lowest BCUT2D eigenvalue weighted by molar-refractivity contribution is -0.150. The maximum absolute atomic E-state index is 13.6. The third-order valence-corrected chi connectivity index (χ3v) is 5.27. The number of rotatable bonds is 4. The predicted octanol–water partition coefficient (Wildman–Crippen LogP) is 2.30. The maximum atomic E-state index is 13.6. The van der Waals surface area contributed by atoms with Crippen molar-refractivity contribution in [1.82, 2.24) is 14.7 Å². The molecule has 9 nitrogen and oxygen atoms in total. The van der Waals surface area contributed by atoms with Gasteiger partial charge in [0.15, 0.2) is 0 Å². The molecule has 1 atom stereocenters. The third kappa shape index (κ3) is 2.74. The van der Waals surface area contributed by atoms with Crippen LogP contribution in [0.15, 0.2) is 54.6 Å². The van der Waals surface area contributed by atoms with Gasteiger partial charge >= 0.3 is 12.1 Å². The molecule has 1 saturated heterocycles. The summed E-state index contributed by atoms with van der Waals surface area (Å²) < 4.78 is 5.58. The minimum Gasteiger partial charge on any atom is -0.356 e. The first-order valence-corrected chi connectivity index (χ1v) is 9.31. The Morgan fingerprint density at radius 3 is 2.40 bits per heavy atom. The van der Waals surface area contributed by atoms with E-state index in [1.807, 2.05) is 30.3 Å². The molecular weight excluding hydrogens is 388 g/mol. The first-order chi connectivity index (χ1) is 14.4. The third-order valence-electron chi connectivity index (χ3n) is 5.27. The number of nitrogens with one attached hydrogen (secondary N) is 1. The van der Waals surface area contributed by atoms with Gasteiger partial charge in [0.2, 0.25) is 11.6 Å². The number of hydrogen-bond donors (Lipinski definition) is 1. The number of para-hydroxylation sites is 1. The molecule has 0 saturated carbocycles. The molecule has 1 unspecified atom stereocenters. The van der Waals surface area contributed by atoms with Gasteiger partial charge in [0.1, 0.15) is 6.73 Å². The van der Waals surface area contributed by atoms with Gasteiger partial charge in [0, 0.05) is 19.5 Å². The quantitative estimate of drug-likeness (QED) is 0.783. The Balaban J connectivity index is 1.72. The summed E-state index contributed by atoms with van der Waals surface area (Å²) in [5, 5.41) is 2.67. The predicted molar refractivity (Wildman–Crippen MR) is 106 cm³/mol. The fraction of sp³-hybridized carbons (Fsp3) is 0.238. The number of nitrogens with zero attached hydrogens (tertiary/aromatic N) is 3. The molecular formula is C21H20N4O5. The van der Waals surface area contributed by atoms with Gasteiger partial charge in [-0.2, -0.15) is 0 Å². The molecule has 6 amide bonds. The summed E-state index contributed by atoms with van der Waals surface area (Å²) in [6.45, 7) is 1.01. The smallest absolute Gasteiger partial charge is 0.338 e. The Morgan fingerprint density at radius 1 is 1.03 bits per heavy atom. The molecule has 2 aliphatic heterocycles. The molecule has 0 bridgehead atoms. The Bertz CT molecular complexity index is 1040. The molecule has 2 aromatic carbocycles. The van der Waals surface area contributed by atoms with Crippen molar-refractivity contribution in [3.05, 3.63) is 65.7 Å². The van der Waals surface area contributed by atoms with Gasteiger partial charge in [-0.1, -0.05) is 48.5 Å². The van der Waals surface area contributed by atoms with Crippen LogP contribution in [0.3, 0.4) is 0 Å². The summed E-state index contributed by atoms with van der Waals surface area (Å²) in [7, 11) is 1.38. The molecule has 30 heavy (non-hydrogen) atoms. The molecule has 2 heterocycles. The molecule has 154 valence electrons. The normalized spacial score (nSPS) is 20.6. The zero-order valence-corrected chi connectivity index (χ0v) is 16.5. The van der Waals surface area contributed by atoms with E-state index in [4.69, 9.17) is 4.74 Å². The Labute approximate surface area is 172 Å². The van der Waals surface area contributed by atoms with Crippen LogP contribution in [0.2, 0.25) is 0 Å². The highest BCUT2D eigenvalue weighted by atomic mass is 16.5. The highest BCUT2D eigenvalue weighted by Gasteiger charge is 2.66. The number of urea groups is 2. The zero-order chi connectivity index (χ0) is 21.5. The Morgan fingerprint density at radius 2 is 1.70 bits per heavy atom. The summed E-state index contributed by atoms with van der Waals surface area (Å²) in [5.74, 6) is -1.38. The number of amides is 6. The number of ether oxygens (including phenoxy) is 1. The lowest BCUT2D eigenvalue weighted by Crippen LogP contribution is -2.64. The number of benzene rings is 2. The van der Waals surface area contributed by atoms with E-state index in [1.165, 1.54) is 14.0 Å². The molecule has 4 rings (SSSR count). The monoisotopic (exact) mass is 408 g/mol. The van der Waals surface area contributed by atoms with Crippen molar-refractivity contribution in [3.8, 4) is 0 Å². The number of anilines is 1. The highest BCUT2D eigenvalue weighted by Crippen LogP contribution is 2.45. The van der Waals surface area contributed by atoms with E-state index < -0.39 is 29.5 Å². The lowest BCUT2D eigenvalue weighted by atomic mass is 9.92. The second kappa shape index (κ2) is 7.27. The standard InChI is InChI=1S/C21H20N4O5/c1-14(26)25-20(29)24(13-30-12-15-8-4-3-5-9-15)18(27)21(25)16-10-6-7-11-17(16)22-19(28)23(21)2/h3-11H,12-13H2,1-2H3,(H,22,28). The van der Waals surface area contributed by atoms with Crippen LogP contribution in [0, 0.1) is 0 Å². The molecule has 0 radical (unpaired) electrons. The van der Waals surface area contributed by atoms with Gasteiger partial charge in [-0.3, -0.25) is 14.5 Å². The largest absolute Gasteiger partial charge is 0.356 e. The molecule has 2 aromatic rings. The second-order valence-electron chi connectivity index (χ2n) is 7.04. The average molecular weight is 408 g/mol. The van der Waals surface area contributed by atoms with E-state index in [9.17, 15) is 19.2 Å². The summed E-state index contributed by atoms with van der Waals surface area (Å²) in [6, 6.07) is 14.4. The van der Waals surface area contributed by atoms with Gasteiger partial charge < -0.3 is 10.1 Å². The van der Waals surface area contributed by atoms with E-state index in [-0.39, 0.29) is 13.3 Å². The van der Waals surface area contributed by atoms with Crippen molar-refractivity contribution < 1.29 is 23.9 Å². The van der Waals surface area contributed by atoms with Crippen molar-refractivity contribution in [3.63, 3.8) is 0 Å². The number of carbonyl (C=O) groups excluding carboxylic acids is 4. The first kappa shape index (κ1) is 19.6. The summed E-state index contributed by atoms with van der Waals surface area (Å²) >= 11 is 0. The maximum Gasteiger partial charge on any atom is 0.338 e. The molecule has 1 N–H and O–H groups in total. The minimum absolute atomic E-state index is 0.178. The van der Waals surface area contributed by atoms with Crippen LogP contribution in [0.1, 0.15) is 18.1 Å². The van der Waals surface area contributed by atoms with Crippen molar-refractivity contribution in [2.45, 2.75) is 19.2 Å². The van der Waals surface area contributed by atoms with Gasteiger partial charge in [-0.05, 0) is 11.6 Å². The van der Waals surface area contributed by atoms with E-state index in [2.05, 4.69) is 5.32 Å². The van der Waals surface area contributed by atoms with Crippen LogP contribution in [0.5, 0.6) is 0 Å². The molecule has 1 fully saturated rings. The summed E-state index contributed by atoms with van der Waals surface area (Å²) in [5.41, 5.74) is -0.335. The van der Waals surface area contributed by atoms with Crippen LogP contribution in [-0.4, -0.2) is 52.4 Å². The first-order valence-electron chi connectivity index (χ1n) is 9.31. The number of likely N-dealkylation sites (N-methyl/N-ethyl adjacent to an activating group) is 1. The van der Waals surface area contributed by atoms with Crippen molar-refractivity contribution in [2.75, 3.05) is 19.1 Å². The molecule has 2 aliphatic rings. The van der Waals surface area contributed by atoms with E-state index in [0.717, 1.165) is 20.3 Å². The fourth-order valence-electron chi connectivity index (χ4n) is 3.89. The molecule has 1 spiro atoms. The van der Waals surface area contributed by atoms with Crippen LogP contribution in [0.25, 0.3) is 0 Å².